The number of carbonyl (C=O) groups excluding carboxylic acids is 1. The highest BCUT2D eigenvalue weighted by Crippen LogP contribution is 2.44. The molecule has 2 aromatic rings. The van der Waals surface area contributed by atoms with Crippen LogP contribution in [0, 0.1) is 17.8 Å². The van der Waals surface area contributed by atoms with Gasteiger partial charge in [-0.2, -0.15) is 4.80 Å². The Balaban J connectivity index is 1.36. The Kier molecular flexibility index (Phi) is 5.19. The molecule has 2 aliphatic rings. The van der Waals surface area contributed by atoms with E-state index in [0.717, 1.165) is 19.6 Å². The van der Waals surface area contributed by atoms with E-state index in [9.17, 15) is 4.79 Å². The summed E-state index contributed by atoms with van der Waals surface area (Å²) in [4.78, 5) is 17.0. The third kappa shape index (κ3) is 4.41. The third-order valence-corrected chi connectivity index (χ3v) is 5.73. The quantitative estimate of drug-likeness (QED) is 0.829. The molecule has 150 valence electrons. The van der Waals surface area contributed by atoms with Crippen LogP contribution >= 0.6 is 0 Å². The summed E-state index contributed by atoms with van der Waals surface area (Å²) in [5.74, 6) is 1.90. The molecule has 1 aromatic carbocycles. The molecule has 0 unspecified atom stereocenters. The van der Waals surface area contributed by atoms with Gasteiger partial charge in [0.05, 0.1) is 18.0 Å². The molecule has 1 aromatic heterocycles. The second-order valence-electron chi connectivity index (χ2n) is 9.17. The van der Waals surface area contributed by atoms with Gasteiger partial charge < -0.3 is 5.32 Å². The molecule has 7 heteroatoms. The summed E-state index contributed by atoms with van der Waals surface area (Å²) in [5, 5.41) is 15.6. The fourth-order valence-corrected chi connectivity index (χ4v) is 4.06. The van der Waals surface area contributed by atoms with E-state index >= 15 is 0 Å². The smallest absolute Gasteiger partial charge is 0.225 e. The Hall–Kier alpha value is -2.28. The minimum Gasteiger partial charge on any atom is -0.348 e. The zero-order valence-electron chi connectivity index (χ0n) is 17.0. The standard InChI is InChI=1S/C21H30N6O/c1-21(2,3)27-24-19(23-25-27)11-22-20(28)18-14-26(13-17(18)16-9-10-16)12-15-7-5-4-6-8-15/h4-8,16-18H,9-14H2,1-3H3,(H,22,28)/t17-,18+/m0/s1. The number of nitrogens with zero attached hydrogens (tertiary/aromatic N) is 5. The largest absolute Gasteiger partial charge is 0.348 e. The van der Waals surface area contributed by atoms with E-state index in [1.165, 1.54) is 18.4 Å². The number of carbonyl (C=O) groups is 1. The second-order valence-corrected chi connectivity index (χ2v) is 9.17. The first kappa shape index (κ1) is 19.1. The molecule has 1 N–H and O–H groups in total. The molecule has 7 nitrogen and oxygen atoms in total. The van der Waals surface area contributed by atoms with Crippen molar-refractivity contribution in [1.29, 1.82) is 0 Å². The lowest BCUT2D eigenvalue weighted by molar-refractivity contribution is -0.126. The van der Waals surface area contributed by atoms with Gasteiger partial charge in [-0.15, -0.1) is 10.2 Å². The lowest BCUT2D eigenvalue weighted by Gasteiger charge is -2.17. The molecule has 2 fully saturated rings. The Labute approximate surface area is 166 Å². The van der Waals surface area contributed by atoms with Crippen LogP contribution in [0.15, 0.2) is 30.3 Å². The summed E-state index contributed by atoms with van der Waals surface area (Å²) < 4.78 is 0. The summed E-state index contributed by atoms with van der Waals surface area (Å²) in [6.07, 6.45) is 2.52. The van der Waals surface area contributed by atoms with Crippen LogP contribution in [-0.4, -0.2) is 44.1 Å². The highest BCUT2D eigenvalue weighted by atomic mass is 16.2. The average molecular weight is 383 g/mol. The van der Waals surface area contributed by atoms with E-state index in [1.54, 1.807) is 4.80 Å². The normalized spacial score (nSPS) is 23.1. The second kappa shape index (κ2) is 7.62. The number of hydrogen-bond acceptors (Lipinski definition) is 5. The molecule has 1 amide bonds. The molecule has 4 rings (SSSR count). The van der Waals surface area contributed by atoms with Gasteiger partial charge in [0.2, 0.25) is 5.91 Å². The van der Waals surface area contributed by atoms with E-state index < -0.39 is 0 Å². The fourth-order valence-electron chi connectivity index (χ4n) is 4.06. The highest BCUT2D eigenvalue weighted by molar-refractivity contribution is 5.79. The minimum absolute atomic E-state index is 0.0499. The first-order valence-electron chi connectivity index (χ1n) is 10.2. The van der Waals surface area contributed by atoms with Crippen molar-refractivity contribution in [3.05, 3.63) is 41.7 Å². The van der Waals surface area contributed by atoms with Crippen molar-refractivity contribution in [2.24, 2.45) is 17.8 Å². The summed E-state index contributed by atoms with van der Waals surface area (Å²) in [7, 11) is 0. The Morgan fingerprint density at radius 1 is 1.18 bits per heavy atom. The predicted octanol–water partition coefficient (Wildman–Crippen LogP) is 2.20. The van der Waals surface area contributed by atoms with E-state index in [1.807, 2.05) is 26.8 Å². The molecular formula is C21H30N6O. The summed E-state index contributed by atoms with van der Waals surface area (Å²) >= 11 is 0. The van der Waals surface area contributed by atoms with Crippen molar-refractivity contribution in [2.45, 2.75) is 52.2 Å². The molecule has 1 saturated heterocycles. The van der Waals surface area contributed by atoms with E-state index in [-0.39, 0.29) is 17.4 Å². The van der Waals surface area contributed by atoms with Gasteiger partial charge >= 0.3 is 0 Å². The van der Waals surface area contributed by atoms with Crippen molar-refractivity contribution in [3.63, 3.8) is 0 Å². The van der Waals surface area contributed by atoms with Crippen molar-refractivity contribution < 1.29 is 4.79 Å². The SMILES string of the molecule is CC(C)(C)n1nnc(CNC(=O)[C@@H]2CN(Cc3ccccc3)C[C@H]2C2CC2)n1. The number of hydrogen-bond donors (Lipinski definition) is 1. The van der Waals surface area contributed by atoms with Crippen molar-refractivity contribution >= 4 is 5.91 Å². The minimum atomic E-state index is -0.213. The monoisotopic (exact) mass is 382 g/mol. The van der Waals surface area contributed by atoms with Crippen LogP contribution in [0.3, 0.4) is 0 Å². The average Bonchev–Trinajstić information content (AvgIpc) is 3.23. The van der Waals surface area contributed by atoms with Gasteiger partial charge in [-0.1, -0.05) is 30.3 Å². The van der Waals surface area contributed by atoms with E-state index in [0.29, 0.717) is 24.2 Å². The van der Waals surface area contributed by atoms with Crippen molar-refractivity contribution in [3.8, 4) is 0 Å². The number of likely N-dealkylation sites (tertiary alicyclic amines) is 1. The summed E-state index contributed by atoms with van der Waals surface area (Å²) in [6, 6.07) is 10.5. The Morgan fingerprint density at radius 3 is 2.57 bits per heavy atom. The number of benzene rings is 1. The van der Waals surface area contributed by atoms with E-state index in [2.05, 4.69) is 49.9 Å². The van der Waals surface area contributed by atoms with Crippen LogP contribution in [-0.2, 0) is 23.4 Å². The van der Waals surface area contributed by atoms with Gasteiger partial charge in [0.25, 0.3) is 0 Å². The maximum Gasteiger partial charge on any atom is 0.225 e. The van der Waals surface area contributed by atoms with Gasteiger partial charge in [0.1, 0.15) is 0 Å². The Bertz CT molecular complexity index is 808. The molecule has 2 heterocycles. The lowest BCUT2D eigenvalue weighted by atomic mass is 9.91. The summed E-state index contributed by atoms with van der Waals surface area (Å²) in [5.41, 5.74) is 1.09. The molecule has 1 saturated carbocycles. The first-order chi connectivity index (χ1) is 13.4. The number of aromatic nitrogens is 4. The molecule has 1 aliphatic carbocycles. The van der Waals surface area contributed by atoms with Crippen LogP contribution in [0.4, 0.5) is 0 Å². The van der Waals surface area contributed by atoms with E-state index in [4.69, 9.17) is 0 Å². The topological polar surface area (TPSA) is 75.9 Å². The van der Waals surface area contributed by atoms with Gasteiger partial charge in [-0.3, -0.25) is 9.69 Å². The number of rotatable bonds is 6. The zero-order valence-corrected chi connectivity index (χ0v) is 17.0. The molecule has 0 spiro atoms. The maximum atomic E-state index is 12.9. The van der Waals surface area contributed by atoms with Crippen molar-refractivity contribution in [1.82, 2.24) is 30.4 Å². The van der Waals surface area contributed by atoms with Crippen LogP contribution in [0.2, 0.25) is 0 Å². The fraction of sp³-hybridized carbons (Fsp3) is 0.619. The molecule has 1 aliphatic heterocycles. The van der Waals surface area contributed by atoms with Crippen molar-refractivity contribution in [2.75, 3.05) is 13.1 Å². The van der Waals surface area contributed by atoms with Gasteiger partial charge in [-0.05, 0) is 56.2 Å². The highest BCUT2D eigenvalue weighted by Gasteiger charge is 2.45. The van der Waals surface area contributed by atoms with Crippen LogP contribution in [0.5, 0.6) is 0 Å². The first-order valence-corrected chi connectivity index (χ1v) is 10.2. The molecular weight excluding hydrogens is 352 g/mol. The Morgan fingerprint density at radius 2 is 1.93 bits per heavy atom. The van der Waals surface area contributed by atoms with Gasteiger partial charge in [0.15, 0.2) is 5.82 Å². The molecule has 28 heavy (non-hydrogen) atoms. The predicted molar refractivity (Wildman–Crippen MR) is 106 cm³/mol. The van der Waals surface area contributed by atoms with Gasteiger partial charge in [-0.25, -0.2) is 0 Å². The van der Waals surface area contributed by atoms with Crippen LogP contribution in [0.25, 0.3) is 0 Å². The lowest BCUT2D eigenvalue weighted by Crippen LogP contribution is -2.35. The zero-order chi connectivity index (χ0) is 19.7. The van der Waals surface area contributed by atoms with Gasteiger partial charge in [0, 0.05) is 19.6 Å². The number of tetrazole rings is 1. The number of amides is 1. The van der Waals surface area contributed by atoms with Crippen LogP contribution in [0.1, 0.15) is 45.0 Å². The maximum absolute atomic E-state index is 12.9. The molecule has 0 radical (unpaired) electrons. The number of nitrogens with one attached hydrogen (secondary N) is 1. The third-order valence-electron chi connectivity index (χ3n) is 5.73. The summed E-state index contributed by atoms with van der Waals surface area (Å²) in [6.45, 7) is 9.16. The van der Waals surface area contributed by atoms with Crippen LogP contribution < -0.4 is 5.32 Å². The molecule has 0 bridgehead atoms. The molecule has 2 atom stereocenters.